The third-order valence-electron chi connectivity index (χ3n) is 3.25. The monoisotopic (exact) mass is 350 g/mol. The molecule has 24 heavy (non-hydrogen) atoms. The summed E-state index contributed by atoms with van der Waals surface area (Å²) in [5.74, 6) is 0.612. The molecular formula is C16H22N4O3S. The molecule has 0 aliphatic carbocycles. The molecule has 1 atom stereocenters. The van der Waals surface area contributed by atoms with Crippen molar-refractivity contribution in [3.63, 3.8) is 0 Å². The lowest BCUT2D eigenvalue weighted by Gasteiger charge is -2.12. The average molecular weight is 350 g/mol. The molecular weight excluding hydrogens is 328 g/mol. The number of hydrogen-bond acceptors (Lipinski definition) is 5. The van der Waals surface area contributed by atoms with Crippen LogP contribution in [0.3, 0.4) is 0 Å². The van der Waals surface area contributed by atoms with Gasteiger partial charge in [-0.25, -0.2) is 9.89 Å². The Morgan fingerprint density at radius 1 is 1.38 bits per heavy atom. The molecule has 0 aliphatic heterocycles. The zero-order valence-corrected chi connectivity index (χ0v) is 14.9. The van der Waals surface area contributed by atoms with E-state index in [1.54, 1.807) is 23.6 Å². The topological polar surface area (TPSA) is 89.0 Å². The highest BCUT2D eigenvalue weighted by molar-refractivity contribution is 8.00. The number of benzene rings is 1. The molecule has 0 saturated heterocycles. The minimum atomic E-state index is -0.387. The van der Waals surface area contributed by atoms with E-state index in [0.29, 0.717) is 24.0 Å². The van der Waals surface area contributed by atoms with Gasteiger partial charge in [0.2, 0.25) is 5.91 Å². The van der Waals surface area contributed by atoms with E-state index >= 15 is 0 Å². The summed E-state index contributed by atoms with van der Waals surface area (Å²) in [6.07, 6.45) is 0.819. The van der Waals surface area contributed by atoms with Gasteiger partial charge in [-0.2, -0.15) is 0 Å². The molecule has 0 bridgehead atoms. The third-order valence-corrected chi connectivity index (χ3v) is 4.34. The van der Waals surface area contributed by atoms with Crippen LogP contribution >= 0.6 is 11.8 Å². The number of H-pyrrole nitrogens is 1. The van der Waals surface area contributed by atoms with Gasteiger partial charge in [0.15, 0.2) is 5.16 Å². The van der Waals surface area contributed by atoms with Crippen LogP contribution in [0.4, 0.5) is 5.69 Å². The Hall–Kier alpha value is -2.22. The summed E-state index contributed by atoms with van der Waals surface area (Å²) in [6, 6.07) is 7.21. The summed E-state index contributed by atoms with van der Waals surface area (Å²) in [6.45, 7) is 6.86. The standard InChI is InChI=1S/C16H22N4O3S/c1-4-10-20-15(22)18-19-16(20)24-11(3)14(21)17-12-6-8-13(9-7-12)23-5-2/h6-9,11H,4-5,10H2,1-3H3,(H,17,21)(H,18,22)/t11-/m0/s1. The van der Waals surface area contributed by atoms with Gasteiger partial charge in [0, 0.05) is 12.2 Å². The van der Waals surface area contributed by atoms with Crippen molar-refractivity contribution in [3.05, 3.63) is 34.7 Å². The van der Waals surface area contributed by atoms with Crippen LogP contribution in [0.5, 0.6) is 5.75 Å². The maximum Gasteiger partial charge on any atom is 0.343 e. The lowest BCUT2D eigenvalue weighted by atomic mass is 10.3. The maximum absolute atomic E-state index is 12.3. The van der Waals surface area contributed by atoms with E-state index in [2.05, 4.69) is 15.5 Å². The van der Waals surface area contributed by atoms with Crippen LogP contribution in [0.1, 0.15) is 27.2 Å². The smallest absolute Gasteiger partial charge is 0.343 e. The van der Waals surface area contributed by atoms with Gasteiger partial charge in [0.05, 0.1) is 11.9 Å². The number of ether oxygens (including phenoxy) is 1. The van der Waals surface area contributed by atoms with Gasteiger partial charge in [-0.05, 0) is 44.5 Å². The number of hydrogen-bond donors (Lipinski definition) is 2. The van der Waals surface area contributed by atoms with Gasteiger partial charge >= 0.3 is 5.69 Å². The number of amides is 1. The lowest BCUT2D eigenvalue weighted by molar-refractivity contribution is -0.115. The quantitative estimate of drug-likeness (QED) is 0.714. The second-order valence-corrected chi connectivity index (χ2v) is 6.48. The first-order valence-corrected chi connectivity index (χ1v) is 8.78. The molecule has 1 heterocycles. The van der Waals surface area contributed by atoms with Gasteiger partial charge in [0.25, 0.3) is 0 Å². The molecule has 0 radical (unpaired) electrons. The van der Waals surface area contributed by atoms with Crippen LogP contribution in [0.2, 0.25) is 0 Å². The van der Waals surface area contributed by atoms with Gasteiger partial charge in [-0.1, -0.05) is 18.7 Å². The Morgan fingerprint density at radius 2 is 2.08 bits per heavy atom. The number of rotatable bonds is 8. The summed E-state index contributed by atoms with van der Waals surface area (Å²) in [7, 11) is 0. The van der Waals surface area contributed by atoms with Crippen LogP contribution in [0, 0.1) is 0 Å². The number of carbonyl (C=O) groups is 1. The highest BCUT2D eigenvalue weighted by Crippen LogP contribution is 2.22. The minimum Gasteiger partial charge on any atom is -0.494 e. The predicted molar refractivity (Wildman–Crippen MR) is 94.7 cm³/mol. The van der Waals surface area contributed by atoms with Gasteiger partial charge in [-0.15, -0.1) is 5.10 Å². The summed E-state index contributed by atoms with van der Waals surface area (Å²) in [4.78, 5) is 24.0. The SMILES string of the molecule is CCCn1c(S[C@@H](C)C(=O)Nc2ccc(OCC)cc2)n[nH]c1=O. The molecule has 0 saturated carbocycles. The van der Waals surface area contributed by atoms with Crippen molar-refractivity contribution in [1.29, 1.82) is 0 Å². The fourth-order valence-corrected chi connectivity index (χ4v) is 2.95. The first-order valence-electron chi connectivity index (χ1n) is 7.90. The summed E-state index contributed by atoms with van der Waals surface area (Å²) >= 11 is 1.25. The number of nitrogens with zero attached hydrogens (tertiary/aromatic N) is 2. The molecule has 8 heteroatoms. The number of aromatic amines is 1. The van der Waals surface area contributed by atoms with Crippen molar-refractivity contribution in [3.8, 4) is 5.75 Å². The molecule has 1 aromatic heterocycles. The number of anilines is 1. The first-order chi connectivity index (χ1) is 11.5. The largest absolute Gasteiger partial charge is 0.494 e. The molecule has 0 aliphatic rings. The van der Waals surface area contributed by atoms with E-state index < -0.39 is 0 Å². The molecule has 2 aromatic rings. The van der Waals surface area contributed by atoms with Gasteiger partial charge in [0.1, 0.15) is 5.75 Å². The molecule has 0 spiro atoms. The maximum atomic E-state index is 12.3. The fourth-order valence-electron chi connectivity index (χ4n) is 2.07. The number of thioether (sulfide) groups is 1. The van der Waals surface area contributed by atoms with Gasteiger partial charge < -0.3 is 10.1 Å². The number of carbonyl (C=O) groups excluding carboxylic acids is 1. The van der Waals surface area contributed by atoms with Crippen LogP contribution in [-0.2, 0) is 11.3 Å². The molecule has 1 aromatic carbocycles. The highest BCUT2D eigenvalue weighted by atomic mass is 32.2. The van der Waals surface area contributed by atoms with Crippen LogP contribution in [0.15, 0.2) is 34.2 Å². The molecule has 0 unspecified atom stereocenters. The molecule has 1 amide bonds. The minimum absolute atomic E-state index is 0.150. The van der Waals surface area contributed by atoms with Crippen molar-refractivity contribution in [2.75, 3.05) is 11.9 Å². The number of nitrogens with one attached hydrogen (secondary N) is 2. The lowest BCUT2D eigenvalue weighted by Crippen LogP contribution is -2.24. The number of aromatic nitrogens is 3. The summed E-state index contributed by atoms with van der Waals surface area (Å²) in [5.41, 5.74) is 0.447. The second-order valence-electron chi connectivity index (χ2n) is 5.17. The van der Waals surface area contributed by atoms with Crippen molar-refractivity contribution >= 4 is 23.4 Å². The Bertz CT molecular complexity index is 724. The average Bonchev–Trinajstić information content (AvgIpc) is 2.90. The van der Waals surface area contributed by atoms with Crippen LogP contribution < -0.4 is 15.7 Å². The summed E-state index contributed by atoms with van der Waals surface area (Å²) in [5, 5.41) is 9.40. The highest BCUT2D eigenvalue weighted by Gasteiger charge is 2.19. The van der Waals surface area contributed by atoms with Crippen molar-refractivity contribution in [2.45, 2.75) is 44.1 Å². The zero-order chi connectivity index (χ0) is 17.5. The third kappa shape index (κ3) is 4.64. The first kappa shape index (κ1) is 18.1. The van der Waals surface area contributed by atoms with Crippen molar-refractivity contribution in [1.82, 2.24) is 14.8 Å². The summed E-state index contributed by atoms with van der Waals surface area (Å²) < 4.78 is 6.92. The Kier molecular flexibility index (Phi) is 6.48. The van der Waals surface area contributed by atoms with Crippen molar-refractivity contribution < 1.29 is 9.53 Å². The normalized spacial score (nSPS) is 12.0. The Morgan fingerprint density at radius 3 is 2.71 bits per heavy atom. The van der Waals surface area contributed by atoms with E-state index in [9.17, 15) is 9.59 Å². The van der Waals surface area contributed by atoms with Crippen LogP contribution in [0.25, 0.3) is 0 Å². The molecule has 0 fully saturated rings. The van der Waals surface area contributed by atoms with Crippen LogP contribution in [-0.4, -0.2) is 32.5 Å². The van der Waals surface area contributed by atoms with E-state index in [1.807, 2.05) is 26.0 Å². The van der Waals surface area contributed by atoms with Gasteiger partial charge in [-0.3, -0.25) is 9.36 Å². The van der Waals surface area contributed by atoms with E-state index in [-0.39, 0.29) is 16.8 Å². The van der Waals surface area contributed by atoms with Crippen molar-refractivity contribution in [2.24, 2.45) is 0 Å². The zero-order valence-electron chi connectivity index (χ0n) is 14.0. The molecule has 130 valence electrons. The molecule has 7 nitrogen and oxygen atoms in total. The molecule has 2 rings (SSSR count). The van der Waals surface area contributed by atoms with E-state index in [1.165, 1.54) is 11.8 Å². The fraction of sp³-hybridized carbons (Fsp3) is 0.438. The molecule has 2 N–H and O–H groups in total. The van der Waals surface area contributed by atoms with E-state index in [4.69, 9.17) is 4.74 Å². The Labute approximate surface area is 144 Å². The predicted octanol–water partition coefficient (Wildman–Crippen LogP) is 2.50. The second kappa shape index (κ2) is 8.58. The van der Waals surface area contributed by atoms with E-state index in [0.717, 1.165) is 12.2 Å². The Balaban J connectivity index is 1.98.